The smallest absolute Gasteiger partial charge is 0.160 e. The minimum absolute atomic E-state index is 0.246. The Balaban J connectivity index is 1.39. The van der Waals surface area contributed by atoms with Gasteiger partial charge >= 0.3 is 0 Å². The zero-order valence-electron chi connectivity index (χ0n) is 17.0. The normalized spacial score (nSPS) is 20.7. The number of aromatic hydroxyl groups is 1. The summed E-state index contributed by atoms with van der Waals surface area (Å²) >= 11 is 0. The molecule has 0 spiro atoms. The van der Waals surface area contributed by atoms with Gasteiger partial charge in [-0.25, -0.2) is 4.98 Å². The number of para-hydroxylation sites is 1. The van der Waals surface area contributed by atoms with Crippen LogP contribution in [0.1, 0.15) is 37.7 Å². The molecule has 1 aliphatic heterocycles. The molecule has 1 aromatic carbocycles. The van der Waals surface area contributed by atoms with E-state index in [1.54, 1.807) is 6.07 Å². The Morgan fingerprint density at radius 1 is 1.17 bits per heavy atom. The first-order chi connectivity index (χ1) is 14.2. The van der Waals surface area contributed by atoms with Gasteiger partial charge in [0.25, 0.3) is 0 Å². The molecule has 5 rings (SSSR count). The number of nitrogens with one attached hydrogen (secondary N) is 1. The van der Waals surface area contributed by atoms with E-state index < -0.39 is 0 Å². The number of aryl methyl sites for hydroxylation is 1. The second kappa shape index (κ2) is 7.67. The van der Waals surface area contributed by atoms with Crippen molar-refractivity contribution in [2.75, 3.05) is 25.0 Å². The van der Waals surface area contributed by atoms with Crippen LogP contribution in [-0.4, -0.2) is 50.3 Å². The standard InChI is InChI=1S/C23H29N5O/c1-16-13-25-28-22(12-20(26-23(16)28)19-9-2-3-10-21(19)29)24-14-17-6-5-11-27(15-17)18-7-4-8-18/h2-3,9-10,12-13,17-18,24,29H,4-8,11,14-15H2,1H3. The minimum atomic E-state index is 0.246. The molecule has 2 fully saturated rings. The Labute approximate surface area is 171 Å². The van der Waals surface area contributed by atoms with Crippen LogP contribution in [0.5, 0.6) is 5.75 Å². The minimum Gasteiger partial charge on any atom is -0.507 e. The highest BCUT2D eigenvalue weighted by Crippen LogP contribution is 2.31. The van der Waals surface area contributed by atoms with Crippen molar-refractivity contribution >= 4 is 11.5 Å². The zero-order valence-corrected chi connectivity index (χ0v) is 17.0. The molecule has 2 aromatic heterocycles. The van der Waals surface area contributed by atoms with Crippen molar-refractivity contribution in [3.63, 3.8) is 0 Å². The van der Waals surface area contributed by atoms with E-state index in [0.717, 1.165) is 40.9 Å². The molecule has 1 saturated carbocycles. The SMILES string of the molecule is Cc1cnn2c(NCC3CCCN(C4CCC4)C3)cc(-c3ccccc3O)nc12. The van der Waals surface area contributed by atoms with Gasteiger partial charge in [0.1, 0.15) is 11.6 Å². The molecule has 0 amide bonds. The number of phenols is 1. The second-order valence-electron chi connectivity index (χ2n) is 8.58. The van der Waals surface area contributed by atoms with E-state index in [0.29, 0.717) is 5.92 Å². The van der Waals surface area contributed by atoms with Gasteiger partial charge < -0.3 is 15.3 Å². The third-order valence-electron chi connectivity index (χ3n) is 6.54. The number of rotatable bonds is 5. The lowest BCUT2D eigenvalue weighted by atomic mass is 9.88. The van der Waals surface area contributed by atoms with Crippen molar-refractivity contribution in [3.8, 4) is 17.0 Å². The van der Waals surface area contributed by atoms with Gasteiger partial charge in [-0.1, -0.05) is 18.6 Å². The molecule has 0 bridgehead atoms. The topological polar surface area (TPSA) is 65.7 Å². The van der Waals surface area contributed by atoms with E-state index in [9.17, 15) is 5.11 Å². The fourth-order valence-corrected chi connectivity index (χ4v) is 4.62. The lowest BCUT2D eigenvalue weighted by molar-refractivity contribution is 0.0802. The van der Waals surface area contributed by atoms with E-state index in [4.69, 9.17) is 4.98 Å². The predicted octanol–water partition coefficient (Wildman–Crippen LogP) is 4.09. The maximum atomic E-state index is 10.3. The first kappa shape index (κ1) is 18.4. The van der Waals surface area contributed by atoms with Gasteiger partial charge in [-0.15, -0.1) is 0 Å². The number of nitrogens with zero attached hydrogens (tertiary/aromatic N) is 4. The highest BCUT2D eigenvalue weighted by molar-refractivity contribution is 5.72. The van der Waals surface area contributed by atoms with Crippen molar-refractivity contribution in [3.05, 3.63) is 42.1 Å². The van der Waals surface area contributed by atoms with Crippen LogP contribution in [0.15, 0.2) is 36.5 Å². The maximum absolute atomic E-state index is 10.3. The number of aromatic nitrogens is 3. The number of hydrogen-bond donors (Lipinski definition) is 2. The van der Waals surface area contributed by atoms with Crippen LogP contribution < -0.4 is 5.32 Å². The Morgan fingerprint density at radius 3 is 2.83 bits per heavy atom. The summed E-state index contributed by atoms with van der Waals surface area (Å²) in [5.41, 5.74) is 3.36. The van der Waals surface area contributed by atoms with Gasteiger partial charge in [0.2, 0.25) is 0 Å². The summed E-state index contributed by atoms with van der Waals surface area (Å²) in [5, 5.41) is 18.5. The number of fused-ring (bicyclic) bond motifs is 1. The number of piperidine rings is 1. The van der Waals surface area contributed by atoms with E-state index in [2.05, 4.69) is 15.3 Å². The summed E-state index contributed by atoms with van der Waals surface area (Å²) in [6.07, 6.45) is 8.56. The maximum Gasteiger partial charge on any atom is 0.160 e. The van der Waals surface area contributed by atoms with Crippen LogP contribution in [0, 0.1) is 12.8 Å². The van der Waals surface area contributed by atoms with Gasteiger partial charge in [0.15, 0.2) is 5.65 Å². The van der Waals surface area contributed by atoms with Gasteiger partial charge in [-0.3, -0.25) is 0 Å². The average molecular weight is 392 g/mol. The molecule has 1 aliphatic carbocycles. The van der Waals surface area contributed by atoms with E-state index >= 15 is 0 Å². The number of anilines is 1. The quantitative estimate of drug-likeness (QED) is 0.686. The molecule has 6 nitrogen and oxygen atoms in total. The summed E-state index contributed by atoms with van der Waals surface area (Å²) in [6.45, 7) is 5.40. The second-order valence-corrected chi connectivity index (χ2v) is 8.58. The highest BCUT2D eigenvalue weighted by atomic mass is 16.3. The van der Waals surface area contributed by atoms with Gasteiger partial charge in [-0.2, -0.15) is 9.61 Å². The van der Waals surface area contributed by atoms with E-state index in [-0.39, 0.29) is 5.75 Å². The van der Waals surface area contributed by atoms with Gasteiger partial charge in [0.05, 0.1) is 11.9 Å². The van der Waals surface area contributed by atoms with Crippen molar-refractivity contribution in [2.24, 2.45) is 5.92 Å². The third kappa shape index (κ3) is 3.57. The van der Waals surface area contributed by atoms with Crippen molar-refractivity contribution < 1.29 is 5.11 Å². The molecule has 1 saturated heterocycles. The molecule has 2 N–H and O–H groups in total. The predicted molar refractivity (Wildman–Crippen MR) is 115 cm³/mol. The van der Waals surface area contributed by atoms with Crippen LogP contribution in [0.2, 0.25) is 0 Å². The Bertz CT molecular complexity index is 1010. The Hall–Kier alpha value is -2.60. The fraction of sp³-hybridized carbons (Fsp3) is 0.478. The van der Waals surface area contributed by atoms with Crippen molar-refractivity contribution in [2.45, 2.75) is 45.1 Å². The van der Waals surface area contributed by atoms with Crippen LogP contribution in [0.25, 0.3) is 16.9 Å². The lowest BCUT2D eigenvalue weighted by Crippen LogP contribution is -2.47. The molecule has 3 heterocycles. The summed E-state index contributed by atoms with van der Waals surface area (Å²) in [6, 6.07) is 10.2. The molecule has 152 valence electrons. The molecule has 1 unspecified atom stereocenters. The lowest BCUT2D eigenvalue weighted by Gasteiger charge is -2.42. The summed E-state index contributed by atoms with van der Waals surface area (Å²) in [5.74, 6) is 1.83. The largest absolute Gasteiger partial charge is 0.507 e. The van der Waals surface area contributed by atoms with Crippen LogP contribution in [0.3, 0.4) is 0 Å². The molecule has 2 aliphatic rings. The molecule has 6 heteroatoms. The summed E-state index contributed by atoms with van der Waals surface area (Å²) in [4.78, 5) is 7.47. The van der Waals surface area contributed by atoms with Gasteiger partial charge in [0, 0.05) is 36.3 Å². The van der Waals surface area contributed by atoms with E-state index in [1.807, 2.05) is 41.9 Å². The van der Waals surface area contributed by atoms with Crippen LogP contribution >= 0.6 is 0 Å². The Kier molecular flexibility index (Phi) is 4.87. The van der Waals surface area contributed by atoms with Crippen LogP contribution in [-0.2, 0) is 0 Å². The molecule has 1 atom stereocenters. The first-order valence-electron chi connectivity index (χ1n) is 10.8. The third-order valence-corrected chi connectivity index (χ3v) is 6.54. The molecule has 3 aromatic rings. The number of benzene rings is 1. The highest BCUT2D eigenvalue weighted by Gasteiger charge is 2.29. The first-order valence-corrected chi connectivity index (χ1v) is 10.8. The summed E-state index contributed by atoms with van der Waals surface area (Å²) in [7, 11) is 0. The molecule has 0 radical (unpaired) electrons. The monoisotopic (exact) mass is 391 g/mol. The molecule has 29 heavy (non-hydrogen) atoms. The molecular weight excluding hydrogens is 362 g/mol. The molecular formula is C23H29N5O. The average Bonchev–Trinajstić information content (AvgIpc) is 3.07. The number of likely N-dealkylation sites (tertiary alicyclic amines) is 1. The zero-order chi connectivity index (χ0) is 19.8. The van der Waals surface area contributed by atoms with E-state index in [1.165, 1.54) is 45.2 Å². The van der Waals surface area contributed by atoms with Crippen molar-refractivity contribution in [1.29, 1.82) is 0 Å². The Morgan fingerprint density at radius 2 is 2.03 bits per heavy atom. The summed E-state index contributed by atoms with van der Waals surface area (Å²) < 4.78 is 1.88. The van der Waals surface area contributed by atoms with Gasteiger partial charge in [-0.05, 0) is 57.2 Å². The number of phenolic OH excluding ortho intramolecular Hbond substituents is 1. The fourth-order valence-electron chi connectivity index (χ4n) is 4.62. The van der Waals surface area contributed by atoms with Crippen LogP contribution in [0.4, 0.5) is 5.82 Å². The van der Waals surface area contributed by atoms with Crippen molar-refractivity contribution in [1.82, 2.24) is 19.5 Å². The number of hydrogen-bond acceptors (Lipinski definition) is 5.